The van der Waals surface area contributed by atoms with E-state index in [1.54, 1.807) is 0 Å². The van der Waals surface area contributed by atoms with Crippen molar-refractivity contribution in [3.8, 4) is 0 Å². The Morgan fingerprint density at radius 2 is 1.37 bits per heavy atom. The molecule has 2 fully saturated rings. The molecule has 4 atom stereocenters. The fourth-order valence-corrected chi connectivity index (χ4v) is 8.55. The van der Waals surface area contributed by atoms with Gasteiger partial charge >= 0.3 is 11.9 Å². The van der Waals surface area contributed by atoms with E-state index in [9.17, 15) is 9.59 Å². The maximum atomic E-state index is 12.1. The third-order valence-corrected chi connectivity index (χ3v) is 9.82. The van der Waals surface area contributed by atoms with Crippen LogP contribution in [0.1, 0.15) is 39.5 Å². The van der Waals surface area contributed by atoms with Gasteiger partial charge in [-0.2, -0.15) is 12.8 Å². The Labute approximate surface area is 116 Å². The average molecular weight is 296 g/mol. The van der Waals surface area contributed by atoms with Gasteiger partial charge in [0.25, 0.3) is 0 Å². The van der Waals surface area contributed by atoms with E-state index >= 15 is 0 Å². The molecule has 0 saturated carbocycles. The molecule has 5 heteroatoms. The lowest BCUT2D eigenvalue weighted by Crippen LogP contribution is -2.03. The molecule has 0 bridgehead atoms. The summed E-state index contributed by atoms with van der Waals surface area (Å²) >= 11 is 0. The normalized spacial score (nSPS) is 39.3. The molecular formula is C14H18O3P2-2. The largest absolute Gasteiger partial charge is 0.386 e. The van der Waals surface area contributed by atoms with Crippen molar-refractivity contribution >= 4 is 27.8 Å². The van der Waals surface area contributed by atoms with E-state index in [0.717, 1.165) is 36.3 Å². The van der Waals surface area contributed by atoms with E-state index in [1.807, 2.05) is 0 Å². The lowest BCUT2D eigenvalue weighted by Gasteiger charge is -2.30. The van der Waals surface area contributed by atoms with Gasteiger partial charge in [0, 0.05) is 10.6 Å². The van der Waals surface area contributed by atoms with Crippen LogP contribution in [0.4, 0.5) is 0 Å². The number of hydrogen-bond donors (Lipinski definition) is 0. The topological polar surface area (TPSA) is 43.4 Å². The van der Waals surface area contributed by atoms with E-state index in [-0.39, 0.29) is 11.9 Å². The summed E-state index contributed by atoms with van der Waals surface area (Å²) in [6, 6.07) is 0. The van der Waals surface area contributed by atoms with Gasteiger partial charge in [-0.15, -0.1) is 0 Å². The summed E-state index contributed by atoms with van der Waals surface area (Å²) in [5.74, 6) is -0.711. The van der Waals surface area contributed by atoms with E-state index in [0.29, 0.717) is 11.3 Å². The van der Waals surface area contributed by atoms with Crippen LogP contribution in [0, 0.1) is 12.3 Å². The zero-order chi connectivity index (χ0) is 13.6. The van der Waals surface area contributed by atoms with Crippen molar-refractivity contribution in [3.63, 3.8) is 0 Å². The maximum Gasteiger partial charge on any atom is 0.344 e. The van der Waals surface area contributed by atoms with Crippen molar-refractivity contribution in [2.24, 2.45) is 0 Å². The van der Waals surface area contributed by atoms with Crippen LogP contribution in [0.2, 0.25) is 0 Å². The van der Waals surface area contributed by atoms with Gasteiger partial charge in [-0.25, -0.2) is 25.4 Å². The second kappa shape index (κ2) is 5.26. The van der Waals surface area contributed by atoms with Crippen LogP contribution in [0.5, 0.6) is 0 Å². The van der Waals surface area contributed by atoms with E-state index in [2.05, 4.69) is 26.2 Å². The van der Waals surface area contributed by atoms with Gasteiger partial charge in [-0.05, 0) is 11.3 Å². The fourth-order valence-electron chi connectivity index (χ4n) is 3.00. The summed E-state index contributed by atoms with van der Waals surface area (Å²) in [5.41, 5.74) is 1.01. The number of rotatable bonds is 2. The fraction of sp³-hybridized carbons (Fsp3) is 0.571. The Balaban J connectivity index is 2.01. The first-order chi connectivity index (χ1) is 9.09. The van der Waals surface area contributed by atoms with Crippen LogP contribution >= 0.6 is 15.8 Å². The third-order valence-electron chi connectivity index (χ3n) is 4.08. The molecule has 2 unspecified atom stereocenters. The molecule has 3 aliphatic rings. The molecule has 3 aliphatic heterocycles. The quantitative estimate of drug-likeness (QED) is 0.335. The summed E-state index contributed by atoms with van der Waals surface area (Å²) in [7, 11) is -1.18. The molecule has 104 valence electrons. The molecule has 0 aromatic carbocycles. The Morgan fingerprint density at radius 3 is 1.68 bits per heavy atom. The van der Waals surface area contributed by atoms with Gasteiger partial charge < -0.3 is 4.74 Å². The Bertz CT molecular complexity index is 418. The molecule has 2 saturated heterocycles. The molecule has 19 heavy (non-hydrogen) atoms. The van der Waals surface area contributed by atoms with E-state index in [4.69, 9.17) is 4.74 Å². The highest BCUT2D eigenvalue weighted by Crippen LogP contribution is 2.69. The second-order valence-electron chi connectivity index (χ2n) is 5.41. The van der Waals surface area contributed by atoms with Crippen LogP contribution in [0.25, 0.3) is 0 Å². The highest BCUT2D eigenvalue weighted by molar-refractivity contribution is 7.71. The van der Waals surface area contributed by atoms with Crippen LogP contribution in [0.15, 0.2) is 10.6 Å². The van der Waals surface area contributed by atoms with E-state index in [1.165, 1.54) is 0 Å². The van der Waals surface area contributed by atoms with E-state index < -0.39 is 15.8 Å². The number of ether oxygens (including phenoxy) is 1. The molecule has 3 rings (SSSR count). The third kappa shape index (κ3) is 2.30. The first-order valence-electron chi connectivity index (χ1n) is 6.83. The molecular weight excluding hydrogens is 278 g/mol. The number of cyclic esters (lactones) is 2. The summed E-state index contributed by atoms with van der Waals surface area (Å²) in [6.07, 6.45) is 8.88. The van der Waals surface area contributed by atoms with Gasteiger partial charge in [0.15, 0.2) is 0 Å². The van der Waals surface area contributed by atoms with Crippen molar-refractivity contribution < 1.29 is 14.3 Å². The van der Waals surface area contributed by atoms with Gasteiger partial charge in [0.05, 0.1) is 0 Å². The molecule has 0 aromatic heterocycles. The summed E-state index contributed by atoms with van der Waals surface area (Å²) in [5, 5.41) is 1.50. The lowest BCUT2D eigenvalue weighted by molar-refractivity contribution is -0.150. The molecule has 3 nitrogen and oxygen atoms in total. The summed E-state index contributed by atoms with van der Waals surface area (Å²) in [6.45, 7) is 4.37. The first kappa shape index (κ1) is 13.7. The minimum atomic E-state index is -0.592. The Hall–Kier alpha value is -0.260. The number of hydrogen-bond acceptors (Lipinski definition) is 3. The first-order valence-corrected chi connectivity index (χ1v) is 9.79. The standard InChI is InChI=1S/C14H18O3P2/c1-9-5-3-7-18(9)11-12(14(16)17-13(11)15)19-8-4-6-10(19)2/h7-10H,3-6H2,1-2H3/q-2/t9-,10-,18?,19?/m1/s1. The Kier molecular flexibility index (Phi) is 3.80. The molecule has 0 aromatic rings. The smallest absolute Gasteiger partial charge is 0.344 e. The molecule has 0 radical (unpaired) electrons. The van der Waals surface area contributed by atoms with Crippen LogP contribution in [-0.2, 0) is 14.3 Å². The number of carbonyl (C=O) groups is 2. The summed E-state index contributed by atoms with van der Waals surface area (Å²) < 4.78 is 4.95. The second-order valence-corrected chi connectivity index (χ2v) is 10.4. The number of carbonyl (C=O) groups excluding carboxylic acids is 2. The molecule has 0 N–H and O–H groups in total. The predicted molar refractivity (Wildman–Crippen MR) is 78.0 cm³/mol. The SMILES string of the molecule is C[C@@H]1CC[CH-]P1C1=C(P2[CH-]CC[C@H]2C)C(=O)OC1=O. The highest BCUT2D eigenvalue weighted by Gasteiger charge is 2.39. The van der Waals surface area contributed by atoms with Gasteiger partial charge in [-0.1, -0.05) is 26.7 Å². The van der Waals surface area contributed by atoms with Gasteiger partial charge in [0.1, 0.15) is 0 Å². The van der Waals surface area contributed by atoms with Crippen LogP contribution < -0.4 is 0 Å². The zero-order valence-electron chi connectivity index (χ0n) is 11.3. The summed E-state index contributed by atoms with van der Waals surface area (Å²) in [4.78, 5) is 24.2. The van der Waals surface area contributed by atoms with Crippen molar-refractivity contribution in [3.05, 3.63) is 23.0 Å². The minimum absolute atomic E-state index is 0.355. The Morgan fingerprint density at radius 1 is 0.947 bits per heavy atom. The molecule has 0 amide bonds. The monoisotopic (exact) mass is 296 g/mol. The minimum Gasteiger partial charge on any atom is -0.386 e. The highest BCUT2D eigenvalue weighted by atomic mass is 31.1. The lowest BCUT2D eigenvalue weighted by atomic mass is 10.3. The molecule has 0 aliphatic carbocycles. The zero-order valence-corrected chi connectivity index (χ0v) is 13.0. The molecule has 0 spiro atoms. The van der Waals surface area contributed by atoms with Crippen molar-refractivity contribution in [1.29, 1.82) is 0 Å². The van der Waals surface area contributed by atoms with Gasteiger partial charge in [-0.3, -0.25) is 12.3 Å². The maximum absolute atomic E-state index is 12.1. The predicted octanol–water partition coefficient (Wildman–Crippen LogP) is 3.93. The number of esters is 2. The molecule has 3 heterocycles. The average Bonchev–Trinajstić information content (AvgIpc) is 3.00. The van der Waals surface area contributed by atoms with Crippen LogP contribution in [0.3, 0.4) is 0 Å². The van der Waals surface area contributed by atoms with Crippen LogP contribution in [-0.4, -0.2) is 23.3 Å². The van der Waals surface area contributed by atoms with Crippen molar-refractivity contribution in [2.45, 2.75) is 50.8 Å². The van der Waals surface area contributed by atoms with Crippen molar-refractivity contribution in [1.82, 2.24) is 0 Å². The van der Waals surface area contributed by atoms with Crippen molar-refractivity contribution in [2.75, 3.05) is 0 Å². The van der Waals surface area contributed by atoms with Gasteiger partial charge in [0.2, 0.25) is 0 Å².